The molecule has 0 saturated carbocycles. The quantitative estimate of drug-likeness (QED) is 0.357. The molecule has 0 aliphatic heterocycles. The van der Waals surface area contributed by atoms with E-state index < -0.39 is 0 Å². The topological polar surface area (TPSA) is 35.5 Å². The molecule has 0 N–H and O–H groups in total. The Morgan fingerprint density at radius 3 is 2.25 bits per heavy atom. The molecule has 0 saturated heterocycles. The minimum atomic E-state index is -0.272. The number of unbranched alkanes of at least 4 members (excludes halogenated alkanes) is 4. The largest absolute Gasteiger partial charge is 0.460 e. The lowest BCUT2D eigenvalue weighted by molar-refractivity contribution is 0.0312. The van der Waals surface area contributed by atoms with E-state index in [2.05, 4.69) is 20.8 Å². The van der Waals surface area contributed by atoms with E-state index in [-0.39, 0.29) is 5.97 Å². The molecule has 0 bridgehead atoms. The van der Waals surface area contributed by atoms with E-state index in [1.807, 2.05) is 24.3 Å². The number of ether oxygens (including phenoxy) is 2. The molecule has 1 rings (SSSR count). The molecule has 0 heterocycles. The molecule has 1 aromatic carbocycles. The van der Waals surface area contributed by atoms with Gasteiger partial charge in [0.25, 0.3) is 0 Å². The third-order valence-electron chi connectivity index (χ3n) is 4.13. The maximum absolute atomic E-state index is 11.8. The molecular formula is C21H34O3. The summed E-state index contributed by atoms with van der Waals surface area (Å²) in [6.07, 6.45) is 8.58. The van der Waals surface area contributed by atoms with Gasteiger partial charge in [0.1, 0.15) is 6.61 Å². The number of rotatable bonds is 13. The number of hydrogen-bond donors (Lipinski definition) is 0. The van der Waals surface area contributed by atoms with Crippen LogP contribution < -0.4 is 0 Å². The number of benzene rings is 1. The molecule has 0 fully saturated rings. The molecule has 0 aromatic heterocycles. The zero-order chi connectivity index (χ0) is 17.6. The molecular weight excluding hydrogens is 300 g/mol. The molecule has 0 spiro atoms. The van der Waals surface area contributed by atoms with E-state index >= 15 is 0 Å². The van der Waals surface area contributed by atoms with E-state index in [1.54, 1.807) is 0 Å². The first kappa shape index (κ1) is 20.7. The van der Waals surface area contributed by atoms with Crippen molar-refractivity contribution in [2.75, 3.05) is 19.8 Å². The van der Waals surface area contributed by atoms with Gasteiger partial charge in [0.2, 0.25) is 0 Å². The molecule has 0 aliphatic rings. The van der Waals surface area contributed by atoms with Crippen LogP contribution in [-0.4, -0.2) is 25.8 Å². The lowest BCUT2D eigenvalue weighted by atomic mass is 10.0. The second-order valence-corrected chi connectivity index (χ2v) is 6.75. The SMILES string of the molecule is CCc1ccc(C(=O)OCCOCCCCCCCC(C)C)cc1. The zero-order valence-corrected chi connectivity index (χ0v) is 15.7. The first-order valence-electron chi connectivity index (χ1n) is 9.47. The van der Waals surface area contributed by atoms with Crippen LogP contribution >= 0.6 is 0 Å². The standard InChI is InChI=1S/C21H34O3/c1-4-19-11-13-20(14-12-19)21(22)24-17-16-23-15-9-7-5-6-8-10-18(2)3/h11-14,18H,4-10,15-17H2,1-3H3. The summed E-state index contributed by atoms with van der Waals surface area (Å²) in [6, 6.07) is 7.57. The van der Waals surface area contributed by atoms with Crippen LogP contribution in [0.4, 0.5) is 0 Å². The molecule has 0 unspecified atom stereocenters. The molecule has 24 heavy (non-hydrogen) atoms. The summed E-state index contributed by atoms with van der Waals surface area (Å²) in [5.74, 6) is 0.548. The maximum atomic E-state index is 11.8. The number of hydrogen-bond acceptors (Lipinski definition) is 3. The van der Waals surface area contributed by atoms with E-state index in [0.717, 1.165) is 25.4 Å². The van der Waals surface area contributed by atoms with Gasteiger partial charge in [-0.05, 0) is 36.5 Å². The lowest BCUT2D eigenvalue weighted by Crippen LogP contribution is -2.11. The summed E-state index contributed by atoms with van der Waals surface area (Å²) in [5.41, 5.74) is 1.83. The normalized spacial score (nSPS) is 11.0. The molecule has 136 valence electrons. The highest BCUT2D eigenvalue weighted by Crippen LogP contribution is 2.10. The highest BCUT2D eigenvalue weighted by Gasteiger charge is 2.06. The highest BCUT2D eigenvalue weighted by atomic mass is 16.6. The summed E-state index contributed by atoms with van der Waals surface area (Å²) >= 11 is 0. The monoisotopic (exact) mass is 334 g/mol. The van der Waals surface area contributed by atoms with Crippen LogP contribution in [0.5, 0.6) is 0 Å². The molecule has 3 heteroatoms. The average Bonchev–Trinajstić information content (AvgIpc) is 2.59. The van der Waals surface area contributed by atoms with Crippen molar-refractivity contribution in [1.29, 1.82) is 0 Å². The Morgan fingerprint density at radius 1 is 0.917 bits per heavy atom. The van der Waals surface area contributed by atoms with E-state index in [1.165, 1.54) is 37.7 Å². The minimum absolute atomic E-state index is 0.272. The smallest absolute Gasteiger partial charge is 0.338 e. The van der Waals surface area contributed by atoms with Crippen LogP contribution in [0.2, 0.25) is 0 Å². The highest BCUT2D eigenvalue weighted by molar-refractivity contribution is 5.89. The summed E-state index contributed by atoms with van der Waals surface area (Å²) in [6.45, 7) is 8.21. The van der Waals surface area contributed by atoms with Gasteiger partial charge in [-0.1, -0.05) is 65.0 Å². The second-order valence-electron chi connectivity index (χ2n) is 6.75. The average molecular weight is 334 g/mol. The lowest BCUT2D eigenvalue weighted by Gasteiger charge is -2.07. The van der Waals surface area contributed by atoms with Gasteiger partial charge in [-0.3, -0.25) is 0 Å². The third kappa shape index (κ3) is 9.71. The number of carbonyl (C=O) groups excluding carboxylic acids is 1. The van der Waals surface area contributed by atoms with Crippen molar-refractivity contribution in [2.45, 2.75) is 65.7 Å². The fourth-order valence-corrected chi connectivity index (χ4v) is 2.54. The second kappa shape index (κ2) is 13.0. The van der Waals surface area contributed by atoms with Crippen LogP contribution in [0.1, 0.15) is 75.2 Å². The van der Waals surface area contributed by atoms with Crippen molar-refractivity contribution in [3.05, 3.63) is 35.4 Å². The van der Waals surface area contributed by atoms with Crippen LogP contribution in [0.3, 0.4) is 0 Å². The summed E-state index contributed by atoms with van der Waals surface area (Å²) in [7, 11) is 0. The minimum Gasteiger partial charge on any atom is -0.460 e. The van der Waals surface area contributed by atoms with Gasteiger partial charge in [0.05, 0.1) is 12.2 Å². The summed E-state index contributed by atoms with van der Waals surface area (Å²) in [4.78, 5) is 11.8. The fourth-order valence-electron chi connectivity index (χ4n) is 2.54. The number of carbonyl (C=O) groups is 1. The van der Waals surface area contributed by atoms with Crippen molar-refractivity contribution in [1.82, 2.24) is 0 Å². The van der Waals surface area contributed by atoms with Crippen LogP contribution in [0.25, 0.3) is 0 Å². The van der Waals surface area contributed by atoms with E-state index in [4.69, 9.17) is 9.47 Å². The maximum Gasteiger partial charge on any atom is 0.338 e. The first-order valence-corrected chi connectivity index (χ1v) is 9.47. The van der Waals surface area contributed by atoms with Crippen molar-refractivity contribution in [2.24, 2.45) is 5.92 Å². The summed E-state index contributed by atoms with van der Waals surface area (Å²) < 4.78 is 10.7. The van der Waals surface area contributed by atoms with Crippen molar-refractivity contribution in [3.63, 3.8) is 0 Å². The fraction of sp³-hybridized carbons (Fsp3) is 0.667. The van der Waals surface area contributed by atoms with Gasteiger partial charge < -0.3 is 9.47 Å². The van der Waals surface area contributed by atoms with Gasteiger partial charge in [0, 0.05) is 6.61 Å². The van der Waals surface area contributed by atoms with Gasteiger partial charge in [-0.2, -0.15) is 0 Å². The predicted octanol–water partition coefficient (Wildman–Crippen LogP) is 5.42. The van der Waals surface area contributed by atoms with Crippen molar-refractivity contribution >= 4 is 5.97 Å². The van der Waals surface area contributed by atoms with E-state index in [9.17, 15) is 4.79 Å². The van der Waals surface area contributed by atoms with Crippen molar-refractivity contribution in [3.8, 4) is 0 Å². The molecule has 1 aromatic rings. The number of esters is 1. The Hall–Kier alpha value is -1.35. The molecule has 0 amide bonds. The Bertz CT molecular complexity index is 437. The Morgan fingerprint density at radius 2 is 1.58 bits per heavy atom. The van der Waals surface area contributed by atoms with Crippen molar-refractivity contribution < 1.29 is 14.3 Å². The number of aryl methyl sites for hydroxylation is 1. The molecule has 3 nitrogen and oxygen atoms in total. The van der Waals surface area contributed by atoms with Gasteiger partial charge in [-0.25, -0.2) is 4.79 Å². The van der Waals surface area contributed by atoms with E-state index in [0.29, 0.717) is 18.8 Å². The Kier molecular flexibility index (Phi) is 11.2. The Labute approximate surface area is 147 Å². The van der Waals surface area contributed by atoms with Gasteiger partial charge in [-0.15, -0.1) is 0 Å². The van der Waals surface area contributed by atoms with Crippen LogP contribution in [0, 0.1) is 5.92 Å². The molecule has 0 aliphatic carbocycles. The van der Waals surface area contributed by atoms with Gasteiger partial charge in [0.15, 0.2) is 0 Å². The summed E-state index contributed by atoms with van der Waals surface area (Å²) in [5, 5.41) is 0. The molecule has 0 atom stereocenters. The third-order valence-corrected chi connectivity index (χ3v) is 4.13. The van der Waals surface area contributed by atoms with Crippen LogP contribution in [0.15, 0.2) is 24.3 Å². The zero-order valence-electron chi connectivity index (χ0n) is 15.7. The first-order chi connectivity index (χ1) is 11.6. The predicted molar refractivity (Wildman–Crippen MR) is 99.5 cm³/mol. The molecule has 0 radical (unpaired) electrons. The van der Waals surface area contributed by atoms with Crippen LogP contribution in [-0.2, 0) is 15.9 Å². The van der Waals surface area contributed by atoms with Gasteiger partial charge >= 0.3 is 5.97 Å². The Balaban J connectivity index is 1.95.